The van der Waals surface area contributed by atoms with Crippen LogP contribution in [0.3, 0.4) is 0 Å². The first-order chi connectivity index (χ1) is 14.2. The number of carbonyl (C=O) groups is 1. The van der Waals surface area contributed by atoms with Crippen molar-refractivity contribution >= 4 is 23.3 Å². The van der Waals surface area contributed by atoms with Gasteiger partial charge < -0.3 is 19.7 Å². The van der Waals surface area contributed by atoms with Gasteiger partial charge in [-0.2, -0.15) is 0 Å². The third-order valence-corrected chi connectivity index (χ3v) is 5.45. The summed E-state index contributed by atoms with van der Waals surface area (Å²) < 4.78 is 11.2. The summed E-state index contributed by atoms with van der Waals surface area (Å²) in [5, 5.41) is 3.65. The second-order valence-corrected chi connectivity index (χ2v) is 7.77. The third kappa shape index (κ3) is 5.16. The Morgan fingerprint density at radius 1 is 1.28 bits per heavy atom. The highest BCUT2D eigenvalue weighted by Crippen LogP contribution is 2.23. The van der Waals surface area contributed by atoms with Gasteiger partial charge in [0.2, 0.25) is 5.88 Å². The predicted octanol–water partition coefficient (Wildman–Crippen LogP) is 3.54. The second kappa shape index (κ2) is 9.41. The Kier molecular flexibility index (Phi) is 6.46. The molecule has 2 aromatic rings. The third-order valence-electron chi connectivity index (χ3n) is 5.17. The predicted molar refractivity (Wildman–Crippen MR) is 110 cm³/mol. The van der Waals surface area contributed by atoms with Gasteiger partial charge in [-0.3, -0.25) is 4.79 Å². The zero-order valence-corrected chi connectivity index (χ0v) is 17.0. The van der Waals surface area contributed by atoms with Crippen molar-refractivity contribution in [2.75, 3.05) is 31.6 Å². The Labute approximate surface area is 175 Å². The van der Waals surface area contributed by atoms with Gasteiger partial charge in [0.05, 0.1) is 23.8 Å². The molecule has 0 spiro atoms. The number of ether oxygens (including phenoxy) is 2. The molecule has 0 bridgehead atoms. The summed E-state index contributed by atoms with van der Waals surface area (Å²) in [6.07, 6.45) is 7.54. The van der Waals surface area contributed by atoms with Crippen molar-refractivity contribution in [1.82, 2.24) is 14.9 Å². The van der Waals surface area contributed by atoms with Gasteiger partial charge in [-0.15, -0.1) is 0 Å². The van der Waals surface area contributed by atoms with E-state index in [1.165, 1.54) is 6.42 Å². The van der Waals surface area contributed by atoms with E-state index in [0.717, 1.165) is 44.5 Å². The number of anilines is 1. The molecule has 1 unspecified atom stereocenters. The molecule has 2 aliphatic rings. The summed E-state index contributed by atoms with van der Waals surface area (Å²) in [5.41, 5.74) is 1.53. The van der Waals surface area contributed by atoms with E-state index in [0.29, 0.717) is 35.4 Å². The van der Waals surface area contributed by atoms with Gasteiger partial charge in [0.1, 0.15) is 11.9 Å². The number of pyridine rings is 2. The monoisotopic (exact) mass is 416 g/mol. The molecular formula is C21H25ClN4O3. The Hall–Kier alpha value is -2.38. The SMILES string of the molecule is O=C(c1cnc(NCc2ccnc(OC3CCOC3)c2)c(Cl)c1)N1CCCCC1. The first-order valence-electron chi connectivity index (χ1n) is 10.1. The number of amides is 1. The zero-order chi connectivity index (χ0) is 20.1. The number of hydrogen-bond acceptors (Lipinski definition) is 6. The summed E-state index contributed by atoms with van der Waals surface area (Å²) in [6, 6.07) is 5.50. The van der Waals surface area contributed by atoms with E-state index in [1.807, 2.05) is 17.0 Å². The van der Waals surface area contributed by atoms with Crippen LogP contribution in [0, 0.1) is 0 Å². The Balaban J connectivity index is 1.36. The molecule has 1 amide bonds. The molecule has 1 atom stereocenters. The molecule has 2 aromatic heterocycles. The van der Waals surface area contributed by atoms with Crippen LogP contribution in [0.2, 0.25) is 5.02 Å². The minimum atomic E-state index is -0.00235. The first-order valence-corrected chi connectivity index (χ1v) is 10.4. The highest BCUT2D eigenvalue weighted by molar-refractivity contribution is 6.33. The lowest BCUT2D eigenvalue weighted by molar-refractivity contribution is 0.0724. The van der Waals surface area contributed by atoms with Gasteiger partial charge in [-0.25, -0.2) is 9.97 Å². The van der Waals surface area contributed by atoms with Crippen molar-refractivity contribution < 1.29 is 14.3 Å². The van der Waals surface area contributed by atoms with Gasteiger partial charge in [0.15, 0.2) is 0 Å². The van der Waals surface area contributed by atoms with Crippen LogP contribution in [0.5, 0.6) is 5.88 Å². The van der Waals surface area contributed by atoms with E-state index in [9.17, 15) is 4.79 Å². The summed E-state index contributed by atoms with van der Waals surface area (Å²) in [5.74, 6) is 1.13. The van der Waals surface area contributed by atoms with Crippen molar-refractivity contribution in [2.24, 2.45) is 0 Å². The number of rotatable bonds is 6. The van der Waals surface area contributed by atoms with E-state index < -0.39 is 0 Å². The number of piperidine rings is 1. The fourth-order valence-electron chi connectivity index (χ4n) is 3.55. The molecular weight excluding hydrogens is 392 g/mol. The van der Waals surface area contributed by atoms with Crippen molar-refractivity contribution in [3.8, 4) is 5.88 Å². The molecule has 4 rings (SSSR count). The second-order valence-electron chi connectivity index (χ2n) is 7.37. The molecule has 2 fully saturated rings. The van der Waals surface area contributed by atoms with Crippen LogP contribution in [0.1, 0.15) is 41.6 Å². The number of hydrogen-bond donors (Lipinski definition) is 1. The normalized spacial score (nSPS) is 19.2. The van der Waals surface area contributed by atoms with Crippen molar-refractivity contribution in [1.29, 1.82) is 0 Å². The minimum Gasteiger partial charge on any atom is -0.472 e. The lowest BCUT2D eigenvalue weighted by Crippen LogP contribution is -2.35. The molecule has 7 nitrogen and oxygen atoms in total. The number of aromatic nitrogens is 2. The topological polar surface area (TPSA) is 76.6 Å². The lowest BCUT2D eigenvalue weighted by atomic mass is 10.1. The van der Waals surface area contributed by atoms with Crippen LogP contribution in [0.4, 0.5) is 5.82 Å². The van der Waals surface area contributed by atoms with Crippen LogP contribution in [-0.2, 0) is 11.3 Å². The standard InChI is InChI=1S/C21H25ClN4O3/c22-18-11-16(21(27)26-7-2-1-3-8-26)13-25-20(18)24-12-15-4-6-23-19(10-15)29-17-5-9-28-14-17/h4,6,10-11,13,17H,1-3,5,7-9,12,14H2,(H,24,25). The number of carbonyl (C=O) groups excluding carboxylic acids is 1. The van der Waals surface area contributed by atoms with Crippen LogP contribution in [0.25, 0.3) is 0 Å². The fraction of sp³-hybridized carbons (Fsp3) is 0.476. The van der Waals surface area contributed by atoms with Crippen LogP contribution >= 0.6 is 11.6 Å². The Morgan fingerprint density at radius 2 is 2.14 bits per heavy atom. The van der Waals surface area contributed by atoms with Crippen LogP contribution in [-0.4, -0.2) is 53.2 Å². The highest BCUT2D eigenvalue weighted by Gasteiger charge is 2.20. The number of nitrogens with zero attached hydrogens (tertiary/aromatic N) is 3. The fourth-order valence-corrected chi connectivity index (χ4v) is 3.78. The highest BCUT2D eigenvalue weighted by atomic mass is 35.5. The maximum atomic E-state index is 12.6. The van der Waals surface area contributed by atoms with E-state index in [2.05, 4.69) is 15.3 Å². The number of nitrogens with one attached hydrogen (secondary N) is 1. The molecule has 2 aliphatic heterocycles. The maximum Gasteiger partial charge on any atom is 0.255 e. The van der Waals surface area contributed by atoms with Gasteiger partial charge in [0, 0.05) is 44.5 Å². The molecule has 0 aliphatic carbocycles. The smallest absolute Gasteiger partial charge is 0.255 e. The molecule has 4 heterocycles. The zero-order valence-electron chi connectivity index (χ0n) is 16.3. The maximum absolute atomic E-state index is 12.6. The summed E-state index contributed by atoms with van der Waals surface area (Å²) >= 11 is 6.38. The van der Waals surface area contributed by atoms with Gasteiger partial charge in [-0.05, 0) is 37.0 Å². The van der Waals surface area contributed by atoms with Crippen molar-refractivity contribution in [2.45, 2.75) is 38.3 Å². The van der Waals surface area contributed by atoms with Crippen LogP contribution in [0.15, 0.2) is 30.6 Å². The molecule has 154 valence electrons. The van der Waals surface area contributed by atoms with E-state index in [4.69, 9.17) is 21.1 Å². The molecule has 0 saturated carbocycles. The summed E-state index contributed by atoms with van der Waals surface area (Å²) in [4.78, 5) is 23.1. The minimum absolute atomic E-state index is 0.00235. The molecule has 1 N–H and O–H groups in total. The van der Waals surface area contributed by atoms with E-state index in [1.54, 1.807) is 18.5 Å². The molecule has 2 saturated heterocycles. The quantitative estimate of drug-likeness (QED) is 0.776. The first kappa shape index (κ1) is 19.9. The molecule has 29 heavy (non-hydrogen) atoms. The lowest BCUT2D eigenvalue weighted by Gasteiger charge is -2.26. The number of halogens is 1. The summed E-state index contributed by atoms with van der Waals surface area (Å²) in [7, 11) is 0. The molecule has 8 heteroatoms. The Morgan fingerprint density at radius 3 is 2.90 bits per heavy atom. The van der Waals surface area contributed by atoms with Crippen molar-refractivity contribution in [3.05, 3.63) is 46.7 Å². The van der Waals surface area contributed by atoms with Crippen molar-refractivity contribution in [3.63, 3.8) is 0 Å². The number of likely N-dealkylation sites (tertiary alicyclic amines) is 1. The van der Waals surface area contributed by atoms with Gasteiger partial charge in [-0.1, -0.05) is 11.6 Å². The molecule has 0 aromatic carbocycles. The Bertz CT molecular complexity index is 852. The van der Waals surface area contributed by atoms with E-state index >= 15 is 0 Å². The van der Waals surface area contributed by atoms with E-state index in [-0.39, 0.29) is 12.0 Å². The largest absolute Gasteiger partial charge is 0.472 e. The summed E-state index contributed by atoms with van der Waals surface area (Å²) in [6.45, 7) is 3.45. The van der Waals surface area contributed by atoms with Gasteiger partial charge >= 0.3 is 0 Å². The van der Waals surface area contributed by atoms with Crippen LogP contribution < -0.4 is 10.1 Å². The molecule has 0 radical (unpaired) electrons. The average molecular weight is 417 g/mol. The van der Waals surface area contributed by atoms with Gasteiger partial charge in [0.25, 0.3) is 5.91 Å². The average Bonchev–Trinajstić information content (AvgIpc) is 3.26.